The lowest BCUT2D eigenvalue weighted by Gasteiger charge is -2.40. The fourth-order valence-corrected chi connectivity index (χ4v) is 13.8. The number of methoxy groups -OCH3 is 1. The van der Waals surface area contributed by atoms with Crippen LogP contribution in [0.25, 0.3) is 65.7 Å². The molecule has 16 rings (SSSR count). The van der Waals surface area contributed by atoms with Crippen LogP contribution in [0.5, 0.6) is 46.0 Å². The molecule has 6 N–H and O–H groups in total. The van der Waals surface area contributed by atoms with Crippen molar-refractivity contribution in [1.29, 1.82) is 0 Å². The van der Waals surface area contributed by atoms with E-state index in [9.17, 15) is 59.4 Å². The van der Waals surface area contributed by atoms with E-state index in [1.54, 1.807) is 48.5 Å². The van der Waals surface area contributed by atoms with E-state index in [1.165, 1.54) is 14.0 Å². The number of hydrogen-bond acceptors (Lipinski definition) is 27. The van der Waals surface area contributed by atoms with Crippen LogP contribution in [0.4, 0.5) is 0 Å². The van der Waals surface area contributed by atoms with Gasteiger partial charge >= 0.3 is 35.8 Å². The van der Waals surface area contributed by atoms with Crippen LogP contribution in [0, 0.1) is 0 Å². The minimum atomic E-state index is -1.42. The third-order valence-electron chi connectivity index (χ3n) is 18.3. The topological polar surface area (TPSA) is 362 Å². The van der Waals surface area contributed by atoms with Crippen LogP contribution in [0.3, 0.4) is 0 Å². The van der Waals surface area contributed by atoms with Gasteiger partial charge in [0, 0.05) is 64.9 Å². The molecule has 7 aliphatic rings. The normalized spacial score (nSPS) is 17.5. The van der Waals surface area contributed by atoms with Crippen LogP contribution in [-0.4, -0.2) is 125 Å². The number of aliphatic hydroxyl groups is 6. The number of esters is 6. The van der Waals surface area contributed by atoms with Crippen molar-refractivity contribution in [2.75, 3.05) is 34.1 Å². The molecule has 7 aliphatic heterocycles. The molecule has 0 bridgehead atoms. The molecule has 1 unspecified atom stereocenters. The summed E-state index contributed by atoms with van der Waals surface area (Å²) in [6.45, 7) is 2.00. The number of aliphatic hydroxyl groups excluding tert-OH is 6. The van der Waals surface area contributed by atoms with Gasteiger partial charge in [-0.05, 0) is 150 Å². The molecule has 0 amide bonds. The summed E-state index contributed by atoms with van der Waals surface area (Å²) in [6.07, 6.45) is -5.26. The average Bonchev–Trinajstić information content (AvgIpc) is 1.42. The summed E-state index contributed by atoms with van der Waals surface area (Å²) >= 11 is 0. The molecule has 7 heterocycles. The third kappa shape index (κ3) is 12.3. The maximum Gasteiger partial charge on any atom is 0.339 e. The van der Waals surface area contributed by atoms with Crippen molar-refractivity contribution in [3.05, 3.63) is 164 Å². The van der Waals surface area contributed by atoms with Gasteiger partial charge in [-0.2, -0.15) is 0 Å². The summed E-state index contributed by atoms with van der Waals surface area (Å²) < 4.78 is 83.1. The standard InChI is InChI=1S/C32H30O14.C22H18O7.C21H16O6/c1-14(35)43-25-12-40-32(30(45-16(3)37)29(25)44-15(2)36)46-28-21-7-19(10-34)18(9-33)6-20(21)26(27-22(28)11-39-31(27)38)17-4-5-23-24(8-17)42-13-41-23;1-26-21-15-5-13(8-24)12(7-23)4-14(15)19(20-16(21)9-27-22(20)25)11-2-3-17-18(6-11)29-10-28-17;22-7-13-3-12-4-15-9-25-21(24)20(15)19(16(12)5-14(13)8-23)11-1-2-17-18(6-11)27-10-26-17/h4-8,25,29-30,32-34H,9-13H2,1-3H3;2-6,23-24H,7-10H2,1H3;1-6,22-23H,7-10H2/t25-,29+,30-,32?;;/m1../s1. The second kappa shape index (κ2) is 28.0. The van der Waals surface area contributed by atoms with Gasteiger partial charge in [0.1, 0.15) is 31.3 Å². The molecule has 9 aromatic carbocycles. The zero-order valence-corrected chi connectivity index (χ0v) is 55.0. The lowest BCUT2D eigenvalue weighted by atomic mass is 9.87. The number of hydrogen-bond donors (Lipinski definition) is 6. The predicted octanol–water partition coefficient (Wildman–Crippen LogP) is 8.21. The van der Waals surface area contributed by atoms with Crippen molar-refractivity contribution in [3.8, 4) is 79.4 Å². The molecule has 1 fully saturated rings. The van der Waals surface area contributed by atoms with Crippen molar-refractivity contribution in [1.82, 2.24) is 0 Å². The Morgan fingerprint density at radius 1 is 0.402 bits per heavy atom. The second-order valence-corrected chi connectivity index (χ2v) is 24.3. The Morgan fingerprint density at radius 3 is 1.24 bits per heavy atom. The van der Waals surface area contributed by atoms with Gasteiger partial charge in [0.05, 0.1) is 70.0 Å². The van der Waals surface area contributed by atoms with Crippen LogP contribution in [0.2, 0.25) is 0 Å². The van der Waals surface area contributed by atoms with E-state index in [1.807, 2.05) is 48.5 Å². The molecule has 4 atom stereocenters. The lowest BCUT2D eigenvalue weighted by Crippen LogP contribution is -2.59. The summed E-state index contributed by atoms with van der Waals surface area (Å²) in [5.74, 6) is 0.569. The molecule has 0 aromatic heterocycles. The van der Waals surface area contributed by atoms with Gasteiger partial charge in [0.2, 0.25) is 32.8 Å². The number of fused-ring (bicyclic) bond motifs is 9. The predicted molar refractivity (Wildman–Crippen MR) is 353 cm³/mol. The van der Waals surface area contributed by atoms with Gasteiger partial charge in [-0.1, -0.05) is 18.2 Å². The highest BCUT2D eigenvalue weighted by molar-refractivity contribution is 6.16. The number of carbonyl (C=O) groups is 6. The van der Waals surface area contributed by atoms with Crippen molar-refractivity contribution in [3.63, 3.8) is 0 Å². The zero-order valence-electron chi connectivity index (χ0n) is 55.0. The maximum absolute atomic E-state index is 13.4. The highest BCUT2D eigenvalue weighted by Crippen LogP contribution is 2.51. The van der Waals surface area contributed by atoms with E-state index in [-0.39, 0.29) is 90.5 Å². The van der Waals surface area contributed by atoms with Crippen molar-refractivity contribution in [2.24, 2.45) is 0 Å². The molecule has 27 heteroatoms. The summed E-state index contributed by atoms with van der Waals surface area (Å²) in [4.78, 5) is 74.6. The van der Waals surface area contributed by atoms with Crippen LogP contribution >= 0.6 is 0 Å². The fourth-order valence-electron chi connectivity index (χ4n) is 13.8. The molecule has 526 valence electrons. The van der Waals surface area contributed by atoms with Crippen molar-refractivity contribution in [2.45, 2.75) is 105 Å². The van der Waals surface area contributed by atoms with E-state index in [0.717, 1.165) is 57.6 Å². The van der Waals surface area contributed by atoms with Gasteiger partial charge in [0.25, 0.3) is 0 Å². The van der Waals surface area contributed by atoms with Crippen LogP contribution < -0.4 is 37.9 Å². The van der Waals surface area contributed by atoms with E-state index in [0.29, 0.717) is 123 Å². The van der Waals surface area contributed by atoms with Gasteiger partial charge in [-0.15, -0.1) is 0 Å². The molecule has 1 saturated heterocycles. The highest BCUT2D eigenvalue weighted by atomic mass is 16.7. The van der Waals surface area contributed by atoms with Gasteiger partial charge in [0.15, 0.2) is 46.7 Å². The Kier molecular flexibility index (Phi) is 18.6. The summed E-state index contributed by atoms with van der Waals surface area (Å²) in [5, 5.41) is 63.2. The molecular weight excluding hydrogens is 1330 g/mol. The van der Waals surface area contributed by atoms with Gasteiger partial charge in [-0.25, -0.2) is 14.4 Å². The number of benzene rings is 9. The van der Waals surface area contributed by atoms with Crippen LogP contribution in [0.15, 0.2) is 97.1 Å². The smallest absolute Gasteiger partial charge is 0.339 e. The average molecular weight is 1400 g/mol. The first-order chi connectivity index (χ1) is 49.4. The van der Waals surface area contributed by atoms with Crippen LogP contribution in [-0.2, 0) is 107 Å². The summed E-state index contributed by atoms with van der Waals surface area (Å²) in [5.41, 5.74) is 10.2. The molecule has 9 aromatic rings. The Morgan fingerprint density at radius 2 is 0.784 bits per heavy atom. The first kappa shape index (κ1) is 67.9. The molecule has 0 spiro atoms. The molecular formula is C75H64O27. The van der Waals surface area contributed by atoms with E-state index in [2.05, 4.69) is 0 Å². The van der Waals surface area contributed by atoms with Gasteiger partial charge in [-0.3, -0.25) is 14.4 Å². The number of cyclic esters (lactones) is 3. The molecule has 27 nitrogen and oxygen atoms in total. The van der Waals surface area contributed by atoms with E-state index in [4.69, 9.17) is 71.1 Å². The van der Waals surface area contributed by atoms with E-state index < -0.39 is 67.7 Å². The zero-order chi connectivity index (χ0) is 71.4. The first-order valence-corrected chi connectivity index (χ1v) is 32.0. The minimum Gasteiger partial charge on any atom is -0.496 e. The Bertz CT molecular complexity index is 4980. The van der Waals surface area contributed by atoms with Gasteiger partial charge < -0.3 is 102 Å². The lowest BCUT2D eigenvalue weighted by molar-refractivity contribution is -0.259. The first-order valence-electron chi connectivity index (χ1n) is 32.0. The Balaban J connectivity index is 0.000000136. The summed E-state index contributed by atoms with van der Waals surface area (Å²) in [6, 6.07) is 28.6. The molecule has 0 aliphatic carbocycles. The fraction of sp³-hybridized carbons (Fsp3) is 0.280. The monoisotopic (exact) mass is 1400 g/mol. The quantitative estimate of drug-likeness (QED) is 0.0416. The SMILES string of the molecule is CC(=O)O[C@H]1[C@H](OC(C)=O)COC(Oc2c3c(c(-c4ccc5c(c4)OCO5)c4cc(CO)c(CO)cc24)C(=O)OC3)[C@@H]1OC(C)=O.COc1c2c(c(-c3ccc4c(c3)OCO4)c3cc(CO)c(CO)cc13)C(=O)OC2.O=C1OCc2cc3cc(CO)c(CO)cc3c(-c3ccc4c(c3)OCO4)c21. The second-order valence-electron chi connectivity index (χ2n) is 24.3. The van der Waals surface area contributed by atoms with Crippen molar-refractivity contribution < 1.29 is 130 Å². The largest absolute Gasteiger partial charge is 0.496 e. The molecule has 0 radical (unpaired) electrons. The number of rotatable bonds is 15. The third-order valence-corrected chi connectivity index (χ3v) is 18.3. The van der Waals surface area contributed by atoms with E-state index >= 15 is 0 Å². The Labute approximate surface area is 578 Å². The Hall–Kier alpha value is -11.3. The van der Waals surface area contributed by atoms with Crippen molar-refractivity contribution >= 4 is 68.1 Å². The molecule has 0 saturated carbocycles. The minimum absolute atomic E-state index is 0.0402. The highest BCUT2D eigenvalue weighted by Gasteiger charge is 2.49. The summed E-state index contributed by atoms with van der Waals surface area (Å²) in [7, 11) is 1.54. The molecule has 102 heavy (non-hydrogen) atoms. The number of carbonyl (C=O) groups excluding carboxylic acids is 6. The van der Waals surface area contributed by atoms with Crippen LogP contribution in [0.1, 0.15) is 102 Å². The maximum atomic E-state index is 13.4. The number of ether oxygens (including phenoxy) is 15.